The topological polar surface area (TPSA) is 51.2 Å². The van der Waals surface area contributed by atoms with Crippen LogP contribution in [0.25, 0.3) is 0 Å². The minimum Gasteiger partial charge on any atom is -0.300 e. The molecular formula is C79H84O3. The summed E-state index contributed by atoms with van der Waals surface area (Å²) in [5.74, 6) is 77.9. The molecule has 0 N–H and O–H groups in total. The first kappa shape index (κ1) is 79.1. The van der Waals surface area contributed by atoms with Crippen LogP contribution >= 0.6 is 0 Å². The zero-order valence-electron chi connectivity index (χ0n) is 50.2. The predicted octanol–water partition coefficient (Wildman–Crippen LogP) is 14.5. The SMILES string of the molecule is C.C#CC#CC#CC#CC#CC#CC#CC#CC#C.C#CC#CC#CC#CC#CC#CC#CC#CC#C.CCCCC(C)=O.CCCCC1=C(CCC)C(=O)CC(C)(CCCC)C1.CCCCC1=CC(=O)C(CCC)C(C)(CCCC)C1. The van der Waals surface area contributed by atoms with E-state index in [9.17, 15) is 14.4 Å². The number of rotatable bonds is 19. The van der Waals surface area contributed by atoms with Crippen molar-refractivity contribution in [1.29, 1.82) is 0 Å². The molecule has 0 aromatic carbocycles. The van der Waals surface area contributed by atoms with Crippen LogP contribution in [0.1, 0.15) is 218 Å². The van der Waals surface area contributed by atoms with E-state index in [0.717, 1.165) is 70.6 Å². The summed E-state index contributed by atoms with van der Waals surface area (Å²) in [6.07, 6.45) is 46.4. The van der Waals surface area contributed by atoms with Gasteiger partial charge in [-0.15, -0.1) is 25.7 Å². The molecule has 0 radical (unpaired) electrons. The molecule has 2 rings (SSSR count). The Morgan fingerprint density at radius 3 is 1.12 bits per heavy atom. The number of Topliss-reactive ketones (excluding diaryl/α,β-unsaturated/α-hetero) is 2. The van der Waals surface area contributed by atoms with Crippen molar-refractivity contribution in [2.45, 2.75) is 218 Å². The zero-order valence-corrected chi connectivity index (χ0v) is 50.2. The lowest BCUT2D eigenvalue weighted by Crippen LogP contribution is -2.36. The normalized spacial score (nSPS) is 14.3. The Morgan fingerprint density at radius 1 is 0.451 bits per heavy atom. The number of ketones is 3. The quantitative estimate of drug-likeness (QED) is 0.121. The number of hydrogen-bond donors (Lipinski definition) is 0. The second-order valence-corrected chi connectivity index (χ2v) is 19.1. The molecule has 0 saturated carbocycles. The molecule has 0 aromatic heterocycles. The maximum atomic E-state index is 12.5. The van der Waals surface area contributed by atoms with E-state index in [0.29, 0.717) is 17.3 Å². The van der Waals surface area contributed by atoms with Crippen LogP contribution in [0.2, 0.25) is 0 Å². The Hall–Kier alpha value is -9.43. The first-order chi connectivity index (χ1) is 39.2. The average Bonchev–Trinajstić information content (AvgIpc) is 3.45. The number of terminal acetylenes is 4. The average molecular weight is 1080 g/mol. The van der Waals surface area contributed by atoms with E-state index in [1.807, 2.05) is 6.08 Å². The smallest absolute Gasteiger partial charge is 0.159 e. The van der Waals surface area contributed by atoms with Gasteiger partial charge in [-0.2, -0.15) is 0 Å². The molecule has 3 nitrogen and oxygen atoms in total. The number of allylic oxidation sites excluding steroid dienone is 4. The van der Waals surface area contributed by atoms with Gasteiger partial charge in [0.1, 0.15) is 5.78 Å². The second-order valence-electron chi connectivity index (χ2n) is 19.1. The van der Waals surface area contributed by atoms with Gasteiger partial charge >= 0.3 is 0 Å². The van der Waals surface area contributed by atoms with Gasteiger partial charge in [0.05, 0.1) is 0 Å². The molecule has 0 saturated heterocycles. The van der Waals surface area contributed by atoms with Crippen LogP contribution in [-0.4, -0.2) is 17.3 Å². The summed E-state index contributed by atoms with van der Waals surface area (Å²) in [4.78, 5) is 35.1. The van der Waals surface area contributed by atoms with Crippen molar-refractivity contribution in [3.05, 3.63) is 22.8 Å². The molecule has 0 heterocycles. The largest absolute Gasteiger partial charge is 0.300 e. The summed E-state index contributed by atoms with van der Waals surface area (Å²) in [5, 5.41) is 0. The highest BCUT2D eigenvalue weighted by molar-refractivity contribution is 5.97. The number of carbonyl (C=O) groups excluding carboxylic acids is 3. The van der Waals surface area contributed by atoms with Crippen molar-refractivity contribution in [3.63, 3.8) is 0 Å². The van der Waals surface area contributed by atoms with Gasteiger partial charge in [-0.25, -0.2) is 0 Å². The van der Waals surface area contributed by atoms with Crippen LogP contribution < -0.4 is 0 Å². The first-order valence-electron chi connectivity index (χ1n) is 28.0. The zero-order chi connectivity index (χ0) is 60.9. The van der Waals surface area contributed by atoms with E-state index in [4.69, 9.17) is 25.7 Å². The van der Waals surface area contributed by atoms with Crippen molar-refractivity contribution in [1.82, 2.24) is 0 Å². The molecule has 3 heteroatoms. The third kappa shape index (κ3) is 46.6. The van der Waals surface area contributed by atoms with Crippen molar-refractivity contribution in [2.24, 2.45) is 16.7 Å². The van der Waals surface area contributed by atoms with Gasteiger partial charge in [0.2, 0.25) is 0 Å². The molecule has 0 bridgehead atoms. The lowest BCUT2D eigenvalue weighted by Gasteiger charge is -2.40. The molecule has 0 amide bonds. The van der Waals surface area contributed by atoms with Crippen LogP contribution in [0.15, 0.2) is 22.8 Å². The lowest BCUT2D eigenvalue weighted by atomic mass is 9.63. The highest BCUT2D eigenvalue weighted by atomic mass is 16.1. The van der Waals surface area contributed by atoms with Gasteiger partial charge in [-0.1, -0.05) is 139 Å². The molecule has 3 atom stereocenters. The van der Waals surface area contributed by atoms with Gasteiger partial charge in [-0.05, 0) is 289 Å². The molecule has 82 heavy (non-hydrogen) atoms. The van der Waals surface area contributed by atoms with Crippen molar-refractivity contribution in [2.75, 3.05) is 0 Å². The monoisotopic (exact) mass is 1080 g/mol. The Balaban J connectivity index is -0.000000474. The predicted molar refractivity (Wildman–Crippen MR) is 348 cm³/mol. The molecule has 418 valence electrons. The van der Waals surface area contributed by atoms with Crippen LogP contribution in [0.4, 0.5) is 0 Å². The van der Waals surface area contributed by atoms with Crippen molar-refractivity contribution >= 4 is 17.3 Å². The summed E-state index contributed by atoms with van der Waals surface area (Å²) < 4.78 is 0. The molecule has 0 aliphatic heterocycles. The number of carbonyl (C=O) groups is 3. The lowest BCUT2D eigenvalue weighted by molar-refractivity contribution is -0.123. The van der Waals surface area contributed by atoms with E-state index < -0.39 is 0 Å². The molecule has 0 fully saturated rings. The van der Waals surface area contributed by atoms with Crippen molar-refractivity contribution < 1.29 is 14.4 Å². The van der Waals surface area contributed by atoms with Gasteiger partial charge in [0, 0.05) is 18.8 Å². The summed E-state index contributed by atoms with van der Waals surface area (Å²) >= 11 is 0. The van der Waals surface area contributed by atoms with E-state index in [2.05, 4.69) is 252 Å². The van der Waals surface area contributed by atoms with Crippen molar-refractivity contribution in [3.8, 4) is 215 Å². The molecule has 3 unspecified atom stereocenters. The fraction of sp³-hybridized carbons (Fsp3) is 0.456. The Morgan fingerprint density at radius 2 is 0.805 bits per heavy atom. The number of unbranched alkanes of at least 4 members (excludes halogenated alkanes) is 5. The minimum atomic E-state index is 0. The Bertz CT molecular complexity index is 2960. The van der Waals surface area contributed by atoms with E-state index in [1.165, 1.54) is 87.3 Å². The van der Waals surface area contributed by atoms with Gasteiger partial charge in [-0.3, -0.25) is 9.59 Å². The van der Waals surface area contributed by atoms with Gasteiger partial charge < -0.3 is 4.79 Å². The third-order valence-electron chi connectivity index (χ3n) is 11.9. The fourth-order valence-electron chi connectivity index (χ4n) is 8.20. The summed E-state index contributed by atoms with van der Waals surface area (Å²) in [6.45, 7) is 21.7. The maximum absolute atomic E-state index is 12.5. The van der Waals surface area contributed by atoms with Crippen LogP contribution in [-0.2, 0) is 14.4 Å². The Labute approximate surface area is 501 Å². The molecule has 2 aliphatic carbocycles. The summed E-state index contributed by atoms with van der Waals surface area (Å²) in [7, 11) is 0. The standard InChI is InChI=1S/2C18H32O.2C18H2.C6H12O.CH4/c1-5-8-11-15-13-18(4,12-9-6-2)14-17(19)16(15)10-7-3;1-5-8-11-15-13-17(19)16(10-7-3)18(4,14-15)12-9-6-2;2*1-3-5-7-9-11-13-15-17-18-16-14-12-10-8-6-4-2;1-3-4-5-6(2)7;/h5-14H2,1-4H3;13,16H,5-12,14H2,1-4H3;2*1-2H;3-5H2,1-2H3;1H4. The highest BCUT2D eigenvalue weighted by Crippen LogP contribution is 2.46. The first-order valence-corrected chi connectivity index (χ1v) is 28.0. The second kappa shape index (κ2) is 57.7. The molecule has 0 spiro atoms. The van der Waals surface area contributed by atoms with Crippen LogP contribution in [0.5, 0.6) is 0 Å². The van der Waals surface area contributed by atoms with E-state index in [1.54, 1.807) is 6.92 Å². The fourth-order valence-corrected chi connectivity index (χ4v) is 8.20. The molecule has 2 aliphatic rings. The van der Waals surface area contributed by atoms with Crippen LogP contribution in [0.3, 0.4) is 0 Å². The summed E-state index contributed by atoms with van der Waals surface area (Å²) in [5.41, 5.74) is 4.58. The van der Waals surface area contributed by atoms with Gasteiger partial charge in [0.15, 0.2) is 11.6 Å². The van der Waals surface area contributed by atoms with E-state index in [-0.39, 0.29) is 24.2 Å². The molecule has 0 aromatic rings. The maximum Gasteiger partial charge on any atom is 0.159 e. The van der Waals surface area contributed by atoms with Gasteiger partial charge in [0.25, 0.3) is 0 Å². The summed E-state index contributed by atoms with van der Waals surface area (Å²) in [6, 6.07) is 0. The third-order valence-corrected chi connectivity index (χ3v) is 11.9. The number of hydrogen-bond acceptors (Lipinski definition) is 3. The van der Waals surface area contributed by atoms with Crippen LogP contribution in [0, 0.1) is 232 Å². The highest BCUT2D eigenvalue weighted by Gasteiger charge is 2.40. The molecular weight excluding hydrogens is 997 g/mol. The van der Waals surface area contributed by atoms with E-state index >= 15 is 0 Å². The Kier molecular flexibility index (Phi) is 55.7. The minimum absolute atomic E-state index is 0.